The molecule has 0 saturated heterocycles. The van der Waals surface area contributed by atoms with Crippen LogP contribution < -0.4 is 16.0 Å². The summed E-state index contributed by atoms with van der Waals surface area (Å²) in [5, 5.41) is 7.50. The van der Waals surface area contributed by atoms with E-state index in [0.717, 1.165) is 0 Å². The maximum atomic E-state index is 14.1. The lowest BCUT2D eigenvalue weighted by Crippen LogP contribution is -2.44. The fourth-order valence-corrected chi connectivity index (χ4v) is 2.52. The van der Waals surface area contributed by atoms with E-state index in [1.165, 1.54) is 20.1 Å². The van der Waals surface area contributed by atoms with E-state index in [4.69, 9.17) is 4.74 Å². The molecule has 0 heterocycles. The van der Waals surface area contributed by atoms with Gasteiger partial charge >= 0.3 is 11.8 Å². The number of anilines is 2. The molecule has 28 heavy (non-hydrogen) atoms. The molecule has 0 aliphatic heterocycles. The minimum atomic E-state index is -1.14. The molecule has 0 saturated carbocycles. The highest BCUT2D eigenvalue weighted by Gasteiger charge is 2.30. The van der Waals surface area contributed by atoms with Crippen molar-refractivity contribution in [1.29, 1.82) is 0 Å². The summed E-state index contributed by atoms with van der Waals surface area (Å²) in [7, 11) is 1.40. The van der Waals surface area contributed by atoms with E-state index >= 15 is 0 Å². The second-order valence-electron chi connectivity index (χ2n) is 6.31. The zero-order valence-corrected chi connectivity index (χ0v) is 15.8. The van der Waals surface area contributed by atoms with Gasteiger partial charge in [-0.25, -0.2) is 4.39 Å². The van der Waals surface area contributed by atoms with Gasteiger partial charge in [0.1, 0.15) is 11.4 Å². The van der Waals surface area contributed by atoms with E-state index in [9.17, 15) is 18.8 Å². The molecular formula is C20H22FN3O4. The molecule has 3 amide bonds. The third-order valence-electron chi connectivity index (χ3n) is 4.15. The quantitative estimate of drug-likeness (QED) is 0.663. The Balaban J connectivity index is 1.97. The van der Waals surface area contributed by atoms with E-state index in [2.05, 4.69) is 16.0 Å². The Morgan fingerprint density at radius 2 is 1.54 bits per heavy atom. The molecule has 0 aromatic heterocycles. The molecule has 3 N–H and O–H groups in total. The van der Waals surface area contributed by atoms with Gasteiger partial charge in [-0.3, -0.25) is 14.4 Å². The fraction of sp³-hybridized carbons (Fsp3) is 0.250. The van der Waals surface area contributed by atoms with Gasteiger partial charge in [-0.05, 0) is 37.3 Å². The fourth-order valence-electron chi connectivity index (χ4n) is 2.52. The Morgan fingerprint density at radius 3 is 2.07 bits per heavy atom. The molecule has 0 fully saturated rings. The van der Waals surface area contributed by atoms with Gasteiger partial charge in [-0.2, -0.15) is 0 Å². The molecule has 0 radical (unpaired) electrons. The lowest BCUT2D eigenvalue weighted by Gasteiger charge is -2.29. The van der Waals surface area contributed by atoms with Crippen LogP contribution in [0.1, 0.15) is 19.4 Å². The Morgan fingerprint density at radius 1 is 0.964 bits per heavy atom. The van der Waals surface area contributed by atoms with Crippen molar-refractivity contribution in [2.75, 3.05) is 24.3 Å². The monoisotopic (exact) mass is 387 g/mol. The summed E-state index contributed by atoms with van der Waals surface area (Å²) < 4.78 is 19.4. The van der Waals surface area contributed by atoms with Crippen molar-refractivity contribution in [1.82, 2.24) is 5.32 Å². The molecule has 2 rings (SSSR count). The van der Waals surface area contributed by atoms with E-state index in [1.807, 2.05) is 0 Å². The number of nitrogens with one attached hydrogen (secondary N) is 3. The Labute approximate surface area is 162 Å². The van der Waals surface area contributed by atoms with Crippen molar-refractivity contribution < 1.29 is 23.5 Å². The first-order valence-corrected chi connectivity index (χ1v) is 8.52. The Kier molecular flexibility index (Phi) is 6.84. The van der Waals surface area contributed by atoms with E-state index in [0.29, 0.717) is 11.4 Å². The molecule has 2 aromatic rings. The first-order chi connectivity index (χ1) is 13.2. The smallest absolute Gasteiger partial charge is 0.313 e. The molecule has 0 aliphatic carbocycles. The van der Waals surface area contributed by atoms with Crippen LogP contribution in [-0.2, 0) is 24.7 Å². The summed E-state index contributed by atoms with van der Waals surface area (Å²) in [6, 6.07) is 12.4. The number of benzene rings is 2. The second-order valence-corrected chi connectivity index (χ2v) is 6.31. The van der Waals surface area contributed by atoms with Crippen molar-refractivity contribution in [2.24, 2.45) is 0 Å². The first-order valence-electron chi connectivity index (χ1n) is 8.52. The lowest BCUT2D eigenvalue weighted by molar-refractivity contribution is -0.137. The van der Waals surface area contributed by atoms with Gasteiger partial charge in [0.25, 0.3) is 0 Å². The van der Waals surface area contributed by atoms with Crippen molar-refractivity contribution in [3.05, 3.63) is 59.9 Å². The van der Waals surface area contributed by atoms with Gasteiger partial charge in [0.05, 0.1) is 6.54 Å². The zero-order chi connectivity index (χ0) is 20.7. The number of amides is 3. The van der Waals surface area contributed by atoms with Gasteiger partial charge in [0.15, 0.2) is 0 Å². The summed E-state index contributed by atoms with van der Waals surface area (Å²) in [5.74, 6) is -2.44. The molecule has 0 aliphatic rings. The average molecular weight is 387 g/mol. The van der Waals surface area contributed by atoms with Crippen LogP contribution in [0.2, 0.25) is 0 Å². The number of carbonyl (C=O) groups excluding carboxylic acids is 3. The third kappa shape index (κ3) is 5.37. The highest BCUT2D eigenvalue weighted by molar-refractivity contribution is 6.39. The molecule has 2 aromatic carbocycles. The van der Waals surface area contributed by atoms with Gasteiger partial charge in [-0.1, -0.05) is 18.2 Å². The molecular weight excluding hydrogens is 365 g/mol. The van der Waals surface area contributed by atoms with Crippen LogP contribution >= 0.6 is 0 Å². The molecule has 0 bridgehead atoms. The van der Waals surface area contributed by atoms with Crippen LogP contribution in [0.15, 0.2) is 48.5 Å². The van der Waals surface area contributed by atoms with Gasteiger partial charge in [-0.15, -0.1) is 0 Å². The highest BCUT2D eigenvalue weighted by Crippen LogP contribution is 2.26. The van der Waals surface area contributed by atoms with Gasteiger partial charge in [0.2, 0.25) is 5.91 Å². The summed E-state index contributed by atoms with van der Waals surface area (Å²) in [6.45, 7) is 2.90. The topological polar surface area (TPSA) is 96.5 Å². The van der Waals surface area contributed by atoms with Crippen molar-refractivity contribution in [3.8, 4) is 0 Å². The van der Waals surface area contributed by atoms with E-state index in [1.54, 1.807) is 49.4 Å². The molecule has 8 heteroatoms. The molecule has 1 atom stereocenters. The van der Waals surface area contributed by atoms with Crippen LogP contribution in [-0.4, -0.2) is 31.4 Å². The molecule has 7 nitrogen and oxygen atoms in total. The predicted molar refractivity (Wildman–Crippen MR) is 103 cm³/mol. The van der Waals surface area contributed by atoms with Crippen molar-refractivity contribution >= 4 is 29.1 Å². The highest BCUT2D eigenvalue weighted by atomic mass is 19.1. The number of ether oxygens (including phenoxy) is 1. The number of hydrogen-bond donors (Lipinski definition) is 3. The number of rotatable bonds is 6. The number of hydrogen-bond acceptors (Lipinski definition) is 4. The second kappa shape index (κ2) is 9.09. The minimum absolute atomic E-state index is 0.0991. The summed E-state index contributed by atoms with van der Waals surface area (Å²) in [6.07, 6.45) is 0. The van der Waals surface area contributed by atoms with Crippen LogP contribution in [0.25, 0.3) is 0 Å². The Hall–Kier alpha value is -3.26. The largest absolute Gasteiger partial charge is 0.372 e. The third-order valence-corrected chi connectivity index (χ3v) is 4.15. The lowest BCUT2D eigenvalue weighted by atomic mass is 9.95. The molecule has 148 valence electrons. The van der Waals surface area contributed by atoms with Crippen molar-refractivity contribution in [3.63, 3.8) is 0 Å². The maximum absolute atomic E-state index is 14.1. The first kappa shape index (κ1) is 21.0. The predicted octanol–water partition coefficient (Wildman–Crippen LogP) is 2.40. The summed E-state index contributed by atoms with van der Waals surface area (Å²) in [5.41, 5.74) is 0.0849. The van der Waals surface area contributed by atoms with Crippen molar-refractivity contribution in [2.45, 2.75) is 19.4 Å². The van der Waals surface area contributed by atoms with Crippen LogP contribution in [0.4, 0.5) is 15.8 Å². The Bertz CT molecular complexity index is 870. The summed E-state index contributed by atoms with van der Waals surface area (Å²) >= 11 is 0. The van der Waals surface area contributed by atoms with Gasteiger partial charge < -0.3 is 20.7 Å². The van der Waals surface area contributed by atoms with Gasteiger partial charge in [0, 0.05) is 31.0 Å². The van der Waals surface area contributed by atoms with E-state index in [-0.39, 0.29) is 18.0 Å². The number of methoxy groups -OCH3 is 1. The van der Waals surface area contributed by atoms with Crippen LogP contribution in [0.3, 0.4) is 0 Å². The van der Waals surface area contributed by atoms with E-state index < -0.39 is 23.2 Å². The SMILES string of the molecule is COC(C)(CNC(=O)C(=O)Nc1ccc(NC(C)=O)cc1)c1ccccc1F. The standard InChI is InChI=1S/C20H22FN3O4/c1-13(25)23-14-8-10-15(11-9-14)24-19(27)18(26)22-12-20(2,28-3)16-6-4-5-7-17(16)21/h4-11H,12H2,1-3H3,(H,22,26)(H,23,25)(H,24,27). The average Bonchev–Trinajstić information content (AvgIpc) is 2.67. The van der Waals surface area contributed by atoms with Crippen LogP contribution in [0.5, 0.6) is 0 Å². The summed E-state index contributed by atoms with van der Waals surface area (Å²) in [4.78, 5) is 35.2. The normalized spacial score (nSPS) is 12.6. The maximum Gasteiger partial charge on any atom is 0.313 e. The molecule has 0 spiro atoms. The zero-order valence-electron chi connectivity index (χ0n) is 15.8. The minimum Gasteiger partial charge on any atom is -0.372 e. The molecule has 1 unspecified atom stereocenters. The van der Waals surface area contributed by atoms with Crippen LogP contribution in [0, 0.1) is 5.82 Å². The number of carbonyl (C=O) groups is 3. The number of halogens is 1.